The fourth-order valence-corrected chi connectivity index (χ4v) is 1.29. The largest absolute Gasteiger partial charge is 0.264 e. The Hall–Kier alpha value is -0.700. The quantitative estimate of drug-likeness (QED) is 0.670. The topological polar surface area (TPSA) is 12.9 Å². The molecule has 1 aromatic heterocycles. The number of alkyl halides is 2. The molecule has 0 amide bonds. The monoisotopic (exact) mass is 205 g/mol. The van der Waals surface area contributed by atoms with Gasteiger partial charge in [-0.05, 0) is 17.5 Å². The first-order chi connectivity index (χ1) is 6.02. The third-order valence-corrected chi connectivity index (χ3v) is 2.00. The molecule has 1 rings (SSSR count). The summed E-state index contributed by atoms with van der Waals surface area (Å²) in [5, 5.41) is 0.111. The molecule has 0 saturated carbocycles. The van der Waals surface area contributed by atoms with Crippen LogP contribution in [0, 0.1) is 0 Å². The second-order valence-corrected chi connectivity index (χ2v) is 3.48. The van der Waals surface area contributed by atoms with Gasteiger partial charge < -0.3 is 0 Å². The van der Waals surface area contributed by atoms with Crippen molar-refractivity contribution in [1.82, 2.24) is 4.98 Å². The zero-order chi connectivity index (χ0) is 10.0. The van der Waals surface area contributed by atoms with Gasteiger partial charge in [0.2, 0.25) is 0 Å². The minimum atomic E-state index is -2.49. The molecule has 0 fully saturated rings. The lowest BCUT2D eigenvalue weighted by molar-refractivity contribution is 0.149. The van der Waals surface area contributed by atoms with E-state index in [4.69, 9.17) is 11.6 Å². The first-order valence-electron chi connectivity index (χ1n) is 3.96. The van der Waals surface area contributed by atoms with E-state index in [0.717, 1.165) is 0 Å². The fraction of sp³-hybridized carbons (Fsp3) is 0.444. The van der Waals surface area contributed by atoms with Gasteiger partial charge >= 0.3 is 0 Å². The lowest BCUT2D eigenvalue weighted by Crippen LogP contribution is -1.98. The van der Waals surface area contributed by atoms with Crippen molar-refractivity contribution in [3.05, 3.63) is 28.5 Å². The lowest BCUT2D eigenvalue weighted by atomic mass is 10.0. The minimum Gasteiger partial charge on any atom is -0.244 e. The number of hydrogen-bond donors (Lipinski definition) is 0. The van der Waals surface area contributed by atoms with Gasteiger partial charge in [0, 0.05) is 11.8 Å². The molecule has 72 valence electrons. The van der Waals surface area contributed by atoms with Crippen molar-refractivity contribution in [2.45, 2.75) is 26.2 Å². The SMILES string of the molecule is CC(C)c1cnc(Cl)cc1C(F)F. The standard InChI is InChI=1S/C9H10ClF2N/c1-5(2)7-4-13-8(10)3-6(7)9(11)12/h3-5,9H,1-2H3. The summed E-state index contributed by atoms with van der Waals surface area (Å²) in [4.78, 5) is 3.78. The third-order valence-electron chi connectivity index (χ3n) is 1.79. The van der Waals surface area contributed by atoms with E-state index in [-0.39, 0.29) is 16.6 Å². The van der Waals surface area contributed by atoms with Crippen LogP contribution in [0.2, 0.25) is 5.15 Å². The smallest absolute Gasteiger partial charge is 0.244 e. The van der Waals surface area contributed by atoms with Gasteiger partial charge in [0.05, 0.1) is 0 Å². The summed E-state index contributed by atoms with van der Waals surface area (Å²) in [6.07, 6.45) is -1.08. The summed E-state index contributed by atoms with van der Waals surface area (Å²) in [7, 11) is 0. The average Bonchev–Trinajstić information content (AvgIpc) is 2.03. The van der Waals surface area contributed by atoms with Crippen LogP contribution in [0.5, 0.6) is 0 Å². The molecule has 0 atom stereocenters. The van der Waals surface area contributed by atoms with Gasteiger partial charge in [-0.1, -0.05) is 25.4 Å². The third kappa shape index (κ3) is 2.37. The van der Waals surface area contributed by atoms with Gasteiger partial charge in [0.15, 0.2) is 0 Å². The van der Waals surface area contributed by atoms with Crippen LogP contribution in [0.1, 0.15) is 37.3 Å². The van der Waals surface area contributed by atoms with Crippen LogP contribution in [0.25, 0.3) is 0 Å². The van der Waals surface area contributed by atoms with E-state index in [1.54, 1.807) is 0 Å². The van der Waals surface area contributed by atoms with Crippen molar-refractivity contribution >= 4 is 11.6 Å². The maximum Gasteiger partial charge on any atom is 0.264 e. The Balaban J connectivity index is 3.19. The van der Waals surface area contributed by atoms with E-state index < -0.39 is 6.43 Å². The van der Waals surface area contributed by atoms with E-state index in [0.29, 0.717) is 5.56 Å². The number of hydrogen-bond acceptors (Lipinski definition) is 1. The van der Waals surface area contributed by atoms with Crippen molar-refractivity contribution in [3.63, 3.8) is 0 Å². The molecule has 4 heteroatoms. The molecule has 0 aliphatic carbocycles. The van der Waals surface area contributed by atoms with Gasteiger partial charge in [-0.25, -0.2) is 13.8 Å². The van der Waals surface area contributed by atoms with E-state index in [2.05, 4.69) is 4.98 Å². The molecule has 0 aliphatic heterocycles. The Morgan fingerprint density at radius 1 is 1.31 bits per heavy atom. The van der Waals surface area contributed by atoms with Crippen LogP contribution in [0.3, 0.4) is 0 Å². The second-order valence-electron chi connectivity index (χ2n) is 3.09. The zero-order valence-corrected chi connectivity index (χ0v) is 8.15. The van der Waals surface area contributed by atoms with Gasteiger partial charge in [-0.3, -0.25) is 0 Å². The molecule has 1 aromatic rings. The van der Waals surface area contributed by atoms with Crippen LogP contribution in [0.15, 0.2) is 12.3 Å². The van der Waals surface area contributed by atoms with E-state index in [1.807, 2.05) is 13.8 Å². The van der Waals surface area contributed by atoms with Gasteiger partial charge in [-0.2, -0.15) is 0 Å². The van der Waals surface area contributed by atoms with Crippen LogP contribution in [-0.2, 0) is 0 Å². The Bertz CT molecular complexity index is 300. The van der Waals surface area contributed by atoms with Gasteiger partial charge in [-0.15, -0.1) is 0 Å². The van der Waals surface area contributed by atoms with Gasteiger partial charge in [0.1, 0.15) is 5.15 Å². The molecule has 13 heavy (non-hydrogen) atoms. The summed E-state index contributed by atoms with van der Waals surface area (Å²) >= 11 is 5.52. The molecule has 0 radical (unpaired) electrons. The highest BCUT2D eigenvalue weighted by molar-refractivity contribution is 6.29. The molecule has 1 heterocycles. The molecule has 0 saturated heterocycles. The number of pyridine rings is 1. The Morgan fingerprint density at radius 2 is 1.92 bits per heavy atom. The maximum absolute atomic E-state index is 12.5. The second kappa shape index (κ2) is 4.01. The predicted octanol–water partition coefficient (Wildman–Crippen LogP) is 3.80. The van der Waals surface area contributed by atoms with Crippen molar-refractivity contribution < 1.29 is 8.78 Å². The molecular formula is C9H10ClF2N. The molecule has 0 bridgehead atoms. The minimum absolute atomic E-state index is 0.0185. The maximum atomic E-state index is 12.5. The van der Waals surface area contributed by atoms with Crippen molar-refractivity contribution in [2.75, 3.05) is 0 Å². The lowest BCUT2D eigenvalue weighted by Gasteiger charge is -2.11. The number of rotatable bonds is 2. The first kappa shape index (κ1) is 10.4. The fourth-order valence-electron chi connectivity index (χ4n) is 1.13. The molecule has 0 aromatic carbocycles. The average molecular weight is 206 g/mol. The summed E-state index contributed by atoms with van der Waals surface area (Å²) in [6.45, 7) is 3.69. The summed E-state index contributed by atoms with van der Waals surface area (Å²) in [5.41, 5.74) is 0.536. The van der Waals surface area contributed by atoms with E-state index >= 15 is 0 Å². The molecule has 1 nitrogen and oxygen atoms in total. The van der Waals surface area contributed by atoms with E-state index in [1.165, 1.54) is 12.3 Å². The van der Waals surface area contributed by atoms with Crippen molar-refractivity contribution in [3.8, 4) is 0 Å². The van der Waals surface area contributed by atoms with Crippen LogP contribution < -0.4 is 0 Å². The highest BCUT2D eigenvalue weighted by Crippen LogP contribution is 2.29. The Morgan fingerprint density at radius 3 is 2.38 bits per heavy atom. The summed E-state index contributed by atoms with van der Waals surface area (Å²) in [6, 6.07) is 1.22. The number of nitrogens with zero attached hydrogens (tertiary/aromatic N) is 1. The summed E-state index contributed by atoms with van der Waals surface area (Å²) < 4.78 is 25.0. The van der Waals surface area contributed by atoms with Crippen LogP contribution >= 0.6 is 11.6 Å². The van der Waals surface area contributed by atoms with Crippen molar-refractivity contribution in [2.24, 2.45) is 0 Å². The normalized spacial score (nSPS) is 11.3. The predicted molar refractivity (Wildman–Crippen MR) is 48.3 cm³/mol. The highest BCUT2D eigenvalue weighted by Gasteiger charge is 2.15. The summed E-state index contributed by atoms with van der Waals surface area (Å²) in [5.74, 6) is 0.0359. The van der Waals surface area contributed by atoms with E-state index in [9.17, 15) is 8.78 Å². The Kier molecular flexibility index (Phi) is 3.20. The van der Waals surface area contributed by atoms with Crippen LogP contribution in [0.4, 0.5) is 8.78 Å². The van der Waals surface area contributed by atoms with Gasteiger partial charge in [0.25, 0.3) is 6.43 Å². The highest BCUT2D eigenvalue weighted by atomic mass is 35.5. The number of halogens is 3. The molecule has 0 spiro atoms. The molecule has 0 N–H and O–H groups in total. The molecule has 0 unspecified atom stereocenters. The molecular weight excluding hydrogens is 196 g/mol. The molecule has 0 aliphatic rings. The van der Waals surface area contributed by atoms with Crippen LogP contribution in [-0.4, -0.2) is 4.98 Å². The number of aromatic nitrogens is 1. The van der Waals surface area contributed by atoms with Crippen molar-refractivity contribution in [1.29, 1.82) is 0 Å². The Labute approximate surface area is 80.7 Å². The first-order valence-corrected chi connectivity index (χ1v) is 4.33. The zero-order valence-electron chi connectivity index (χ0n) is 7.39.